The number of nitrogens with zero attached hydrogens (tertiary/aromatic N) is 2. The van der Waals surface area contributed by atoms with Crippen LogP contribution in [0.2, 0.25) is 0 Å². The molecule has 0 aliphatic carbocycles. The Morgan fingerprint density at radius 1 is 0.893 bits per heavy atom. The van der Waals surface area contributed by atoms with Gasteiger partial charge in [-0.1, -0.05) is 56.0 Å². The average molecular weight is 378 g/mol. The molecule has 0 saturated heterocycles. The summed E-state index contributed by atoms with van der Waals surface area (Å²) in [4.78, 5) is 41.1. The van der Waals surface area contributed by atoms with E-state index < -0.39 is 0 Å². The van der Waals surface area contributed by atoms with Gasteiger partial charge in [0.15, 0.2) is 0 Å². The highest BCUT2D eigenvalue weighted by Crippen LogP contribution is 2.25. The molecule has 5 nitrogen and oxygen atoms in total. The first kappa shape index (κ1) is 19.8. The minimum Gasteiger partial charge on any atom is -0.294 e. The number of benzene rings is 2. The maximum absolute atomic E-state index is 12.9. The van der Waals surface area contributed by atoms with Crippen LogP contribution in [0.1, 0.15) is 65.3 Å². The third-order valence-electron chi connectivity index (χ3n) is 5.05. The fraction of sp³-hybridized carbons (Fsp3) is 0.348. The van der Waals surface area contributed by atoms with E-state index >= 15 is 0 Å². The second-order valence-electron chi connectivity index (χ2n) is 7.19. The van der Waals surface area contributed by atoms with Gasteiger partial charge in [0.05, 0.1) is 11.1 Å². The summed E-state index contributed by atoms with van der Waals surface area (Å²) in [5.74, 6) is -0.774. The fourth-order valence-corrected chi connectivity index (χ4v) is 3.38. The Labute approximate surface area is 166 Å². The van der Waals surface area contributed by atoms with Gasteiger partial charge in [0, 0.05) is 12.1 Å². The van der Waals surface area contributed by atoms with E-state index in [-0.39, 0.29) is 24.4 Å². The molecule has 3 amide bonds. The Morgan fingerprint density at radius 2 is 1.50 bits per heavy atom. The number of carbonyl (C=O) groups is 3. The van der Waals surface area contributed by atoms with Gasteiger partial charge in [0.2, 0.25) is 5.91 Å². The Kier molecular flexibility index (Phi) is 6.24. The molecule has 2 aromatic rings. The smallest absolute Gasteiger partial charge is 0.263 e. The van der Waals surface area contributed by atoms with Crippen molar-refractivity contribution in [2.24, 2.45) is 0 Å². The zero-order valence-electron chi connectivity index (χ0n) is 16.5. The first-order valence-corrected chi connectivity index (χ1v) is 9.85. The first-order chi connectivity index (χ1) is 13.5. The topological polar surface area (TPSA) is 57.7 Å². The molecule has 0 spiro atoms. The summed E-state index contributed by atoms with van der Waals surface area (Å²) < 4.78 is 0. The van der Waals surface area contributed by atoms with Crippen LogP contribution in [0.25, 0.3) is 0 Å². The largest absolute Gasteiger partial charge is 0.294 e. The number of carbonyl (C=O) groups excluding carboxylic acids is 3. The van der Waals surface area contributed by atoms with E-state index in [0.717, 1.165) is 36.1 Å². The van der Waals surface area contributed by atoms with Crippen molar-refractivity contribution in [1.29, 1.82) is 0 Å². The van der Waals surface area contributed by atoms with E-state index in [1.807, 2.05) is 31.2 Å². The lowest BCUT2D eigenvalue weighted by molar-refractivity contribution is -0.119. The lowest BCUT2D eigenvalue weighted by atomic mass is 10.1. The maximum atomic E-state index is 12.9. The summed E-state index contributed by atoms with van der Waals surface area (Å²) >= 11 is 0. The fourth-order valence-electron chi connectivity index (χ4n) is 3.38. The molecule has 0 fully saturated rings. The number of amides is 3. The highest BCUT2D eigenvalue weighted by molar-refractivity contribution is 6.21. The molecule has 28 heavy (non-hydrogen) atoms. The number of imide groups is 1. The van der Waals surface area contributed by atoms with Gasteiger partial charge in [-0.05, 0) is 37.6 Å². The molecule has 0 saturated carbocycles. The molecule has 0 unspecified atom stereocenters. The molecule has 0 bridgehead atoms. The molecule has 5 heteroatoms. The second kappa shape index (κ2) is 8.83. The van der Waals surface area contributed by atoms with Crippen LogP contribution in [0, 0.1) is 6.92 Å². The van der Waals surface area contributed by atoms with Gasteiger partial charge in [0.1, 0.15) is 6.67 Å². The van der Waals surface area contributed by atoms with E-state index in [1.54, 1.807) is 29.2 Å². The van der Waals surface area contributed by atoms with Crippen molar-refractivity contribution in [1.82, 2.24) is 4.90 Å². The molecule has 0 radical (unpaired) electrons. The molecule has 3 rings (SSSR count). The molecule has 1 aliphatic rings. The third kappa shape index (κ3) is 4.14. The number of anilines is 1. The quantitative estimate of drug-likeness (QED) is 0.500. The highest BCUT2D eigenvalue weighted by atomic mass is 16.2. The predicted octanol–water partition coefficient (Wildman–Crippen LogP) is 4.55. The van der Waals surface area contributed by atoms with Crippen molar-refractivity contribution < 1.29 is 14.4 Å². The van der Waals surface area contributed by atoms with Crippen molar-refractivity contribution in [2.75, 3.05) is 11.6 Å². The zero-order chi connectivity index (χ0) is 20.1. The van der Waals surface area contributed by atoms with E-state index in [4.69, 9.17) is 0 Å². The monoisotopic (exact) mass is 378 g/mol. The van der Waals surface area contributed by atoms with Crippen LogP contribution in [0.15, 0.2) is 48.5 Å². The Balaban J connectivity index is 1.81. The molecule has 1 heterocycles. The summed E-state index contributed by atoms with van der Waals surface area (Å²) in [6.07, 6.45) is 4.40. The van der Waals surface area contributed by atoms with Crippen molar-refractivity contribution in [3.63, 3.8) is 0 Å². The van der Waals surface area contributed by atoms with Crippen LogP contribution < -0.4 is 4.90 Å². The lowest BCUT2D eigenvalue weighted by Crippen LogP contribution is -2.44. The Bertz CT molecular complexity index is 839. The molecular weight excluding hydrogens is 352 g/mol. The zero-order valence-corrected chi connectivity index (χ0v) is 16.5. The third-order valence-corrected chi connectivity index (χ3v) is 5.05. The number of hydrogen-bond donors (Lipinski definition) is 0. The van der Waals surface area contributed by atoms with E-state index in [0.29, 0.717) is 23.2 Å². The minimum absolute atomic E-state index is 0.0674. The SMILES string of the molecule is CCCCCCC(=O)N(CN1C(=O)c2ccccc2C1=O)c1ccc(C)cc1. The van der Waals surface area contributed by atoms with Crippen LogP contribution in [0.4, 0.5) is 5.69 Å². The highest BCUT2D eigenvalue weighted by Gasteiger charge is 2.37. The van der Waals surface area contributed by atoms with Gasteiger partial charge in [-0.2, -0.15) is 0 Å². The minimum atomic E-state index is -0.350. The van der Waals surface area contributed by atoms with Crippen molar-refractivity contribution in [3.05, 3.63) is 65.2 Å². The average Bonchev–Trinajstić information content (AvgIpc) is 2.95. The van der Waals surface area contributed by atoms with Crippen LogP contribution in [0.5, 0.6) is 0 Å². The van der Waals surface area contributed by atoms with Gasteiger partial charge in [-0.15, -0.1) is 0 Å². The molecule has 0 aromatic heterocycles. The van der Waals surface area contributed by atoms with Crippen molar-refractivity contribution in [3.8, 4) is 0 Å². The normalized spacial score (nSPS) is 13.0. The van der Waals surface area contributed by atoms with Crippen molar-refractivity contribution >= 4 is 23.4 Å². The van der Waals surface area contributed by atoms with E-state index in [9.17, 15) is 14.4 Å². The van der Waals surface area contributed by atoms with Gasteiger partial charge in [-0.25, -0.2) is 0 Å². The number of aryl methyl sites for hydroxylation is 1. The van der Waals surface area contributed by atoms with Crippen LogP contribution in [-0.4, -0.2) is 29.3 Å². The van der Waals surface area contributed by atoms with Gasteiger partial charge in [0.25, 0.3) is 11.8 Å². The van der Waals surface area contributed by atoms with E-state index in [2.05, 4.69) is 6.92 Å². The molecular formula is C23H26N2O3. The second-order valence-corrected chi connectivity index (χ2v) is 7.19. The number of rotatable bonds is 8. The lowest BCUT2D eigenvalue weighted by Gasteiger charge is -2.27. The maximum Gasteiger partial charge on any atom is 0.263 e. The molecule has 0 N–H and O–H groups in total. The van der Waals surface area contributed by atoms with Crippen LogP contribution in [0.3, 0.4) is 0 Å². The summed E-state index contributed by atoms with van der Waals surface area (Å²) in [5.41, 5.74) is 2.57. The van der Waals surface area contributed by atoms with Crippen molar-refractivity contribution in [2.45, 2.75) is 46.0 Å². The van der Waals surface area contributed by atoms with Crippen LogP contribution >= 0.6 is 0 Å². The van der Waals surface area contributed by atoms with Crippen LogP contribution in [-0.2, 0) is 4.79 Å². The summed E-state index contributed by atoms with van der Waals surface area (Å²) in [6, 6.07) is 14.4. The van der Waals surface area contributed by atoms with Gasteiger partial charge < -0.3 is 0 Å². The van der Waals surface area contributed by atoms with E-state index in [1.165, 1.54) is 0 Å². The predicted molar refractivity (Wildman–Crippen MR) is 109 cm³/mol. The number of fused-ring (bicyclic) bond motifs is 1. The van der Waals surface area contributed by atoms with Gasteiger partial charge >= 0.3 is 0 Å². The first-order valence-electron chi connectivity index (χ1n) is 9.85. The molecule has 146 valence electrons. The molecule has 1 aliphatic heterocycles. The standard InChI is InChI=1S/C23H26N2O3/c1-3-4-5-6-11-21(26)24(18-14-12-17(2)13-15-18)16-25-22(27)19-9-7-8-10-20(19)23(25)28/h7-10,12-15H,3-6,11,16H2,1-2H3. The molecule has 2 aromatic carbocycles. The molecule has 0 atom stereocenters. The number of hydrogen-bond acceptors (Lipinski definition) is 3. The van der Waals surface area contributed by atoms with Gasteiger partial charge in [-0.3, -0.25) is 24.2 Å². The Morgan fingerprint density at radius 3 is 2.07 bits per heavy atom. The summed E-state index contributed by atoms with van der Waals surface area (Å²) in [7, 11) is 0. The summed E-state index contributed by atoms with van der Waals surface area (Å²) in [6.45, 7) is 4.04. The number of unbranched alkanes of at least 4 members (excludes halogenated alkanes) is 3. The summed E-state index contributed by atoms with van der Waals surface area (Å²) in [5, 5.41) is 0. The Hall–Kier alpha value is -2.95.